The number of amides is 6. The number of cyclic esters (lactones) is 1. The van der Waals surface area contributed by atoms with Crippen molar-refractivity contribution in [1.82, 2.24) is 41.0 Å². The Kier molecular flexibility index (Phi) is 14.8. The zero-order valence-corrected chi connectivity index (χ0v) is 38.6. The third-order valence-corrected chi connectivity index (χ3v) is 13.6. The molecule has 6 N–H and O–H groups in total. The second-order valence-corrected chi connectivity index (χ2v) is 18.0. The molecule has 5 heterocycles. The van der Waals surface area contributed by atoms with Crippen LogP contribution in [0, 0.1) is 12.7 Å². The lowest BCUT2D eigenvalue weighted by Gasteiger charge is -2.31. The van der Waals surface area contributed by atoms with Crippen LogP contribution in [0.1, 0.15) is 104 Å². The summed E-state index contributed by atoms with van der Waals surface area (Å²) in [7, 11) is 0. The first-order chi connectivity index (χ1) is 33.2. The Morgan fingerprint density at radius 3 is 2.30 bits per heavy atom. The molecule has 69 heavy (non-hydrogen) atoms. The molecule has 4 atom stereocenters. The molecule has 0 saturated carbocycles. The number of carbonyl (C=O) groups excluding carboxylic acids is 7. The van der Waals surface area contributed by atoms with Gasteiger partial charge in [-0.2, -0.15) is 0 Å². The molecule has 2 unspecified atom stereocenters. The number of aliphatic hydroxyl groups is 1. The highest BCUT2D eigenvalue weighted by Gasteiger charge is 2.46. The van der Waals surface area contributed by atoms with Gasteiger partial charge in [-0.1, -0.05) is 31.9 Å². The molecule has 368 valence electrons. The molecule has 2 aromatic heterocycles. The fourth-order valence-electron chi connectivity index (χ4n) is 9.80. The van der Waals surface area contributed by atoms with Crippen LogP contribution in [0.4, 0.5) is 4.39 Å². The third kappa shape index (κ3) is 10.4. The Hall–Kier alpha value is -6.58. The summed E-state index contributed by atoms with van der Waals surface area (Å²) in [5, 5.41) is 24.7. The lowest BCUT2D eigenvalue weighted by Crippen LogP contribution is -2.47. The molecule has 8 rings (SSSR count). The number of allylic oxidation sites excluding steroid dienone is 1. The van der Waals surface area contributed by atoms with Gasteiger partial charge in [0.05, 0.1) is 67.3 Å². The molecular weight excluding hydrogens is 900 g/mol. The van der Waals surface area contributed by atoms with Crippen LogP contribution in [0.25, 0.3) is 22.3 Å². The van der Waals surface area contributed by atoms with E-state index in [1.807, 2.05) is 12.2 Å². The van der Waals surface area contributed by atoms with Crippen LogP contribution in [-0.4, -0.2) is 119 Å². The van der Waals surface area contributed by atoms with Crippen molar-refractivity contribution in [3.63, 3.8) is 0 Å². The molecule has 6 amide bonds. The molecule has 3 aromatic rings. The van der Waals surface area contributed by atoms with Crippen molar-refractivity contribution in [2.75, 3.05) is 45.9 Å². The highest BCUT2D eigenvalue weighted by Crippen LogP contribution is 2.46. The van der Waals surface area contributed by atoms with E-state index in [-0.39, 0.29) is 50.0 Å². The van der Waals surface area contributed by atoms with Gasteiger partial charge in [0.1, 0.15) is 31.9 Å². The number of carbonyl (C=O) groups is 7. The van der Waals surface area contributed by atoms with Gasteiger partial charge in [0.2, 0.25) is 35.4 Å². The molecule has 1 saturated heterocycles. The van der Waals surface area contributed by atoms with Crippen LogP contribution in [0.3, 0.4) is 0 Å². The molecule has 3 aliphatic heterocycles. The maximum absolute atomic E-state index is 15.4. The van der Waals surface area contributed by atoms with Crippen LogP contribution in [0.2, 0.25) is 0 Å². The number of benzene rings is 1. The van der Waals surface area contributed by atoms with E-state index in [2.05, 4.69) is 26.6 Å². The molecule has 0 radical (unpaired) electrons. The molecule has 0 spiro atoms. The average Bonchev–Trinajstić information content (AvgIpc) is 3.96. The van der Waals surface area contributed by atoms with Crippen LogP contribution in [0.5, 0.6) is 0 Å². The fourth-order valence-corrected chi connectivity index (χ4v) is 9.80. The van der Waals surface area contributed by atoms with Gasteiger partial charge in [0, 0.05) is 29.1 Å². The van der Waals surface area contributed by atoms with Crippen molar-refractivity contribution >= 4 is 52.3 Å². The van der Waals surface area contributed by atoms with E-state index in [1.165, 1.54) is 15.5 Å². The highest BCUT2D eigenvalue weighted by atomic mass is 19.1. The number of nitrogens with zero attached hydrogens (tertiary/aromatic N) is 3. The number of aromatic nitrogens is 2. The van der Waals surface area contributed by atoms with Gasteiger partial charge >= 0.3 is 5.97 Å². The number of esters is 1. The molecule has 2 aliphatic carbocycles. The maximum atomic E-state index is 15.4. The molecular formula is C48H57FN8O12. The summed E-state index contributed by atoms with van der Waals surface area (Å²) in [4.78, 5) is 109. The zero-order valence-electron chi connectivity index (χ0n) is 38.6. The number of pyridine rings is 2. The topological polar surface area (TPSA) is 266 Å². The van der Waals surface area contributed by atoms with Gasteiger partial charge in [-0.15, -0.1) is 0 Å². The van der Waals surface area contributed by atoms with Crippen molar-refractivity contribution < 1.29 is 57.3 Å². The van der Waals surface area contributed by atoms with E-state index in [0.717, 1.165) is 37.7 Å². The van der Waals surface area contributed by atoms with Gasteiger partial charge in [-0.25, -0.2) is 14.2 Å². The smallest absolute Gasteiger partial charge is 0.343 e. The summed E-state index contributed by atoms with van der Waals surface area (Å²) in [6, 6.07) is 2.31. The quantitative estimate of drug-likeness (QED) is 0.0677. The minimum absolute atomic E-state index is 0.0359. The van der Waals surface area contributed by atoms with Gasteiger partial charge in [-0.3, -0.25) is 33.6 Å². The second kappa shape index (κ2) is 21.0. The predicted octanol–water partition coefficient (Wildman–Crippen LogP) is 0.966. The van der Waals surface area contributed by atoms with E-state index in [0.29, 0.717) is 71.2 Å². The summed E-state index contributed by atoms with van der Waals surface area (Å²) in [6.07, 6.45) is 9.92. The largest absolute Gasteiger partial charge is 0.458 e. The van der Waals surface area contributed by atoms with E-state index in [4.69, 9.17) is 19.2 Å². The number of hydrogen-bond donors (Lipinski definition) is 6. The Balaban J connectivity index is 0.817. The van der Waals surface area contributed by atoms with Crippen LogP contribution < -0.4 is 32.1 Å². The van der Waals surface area contributed by atoms with E-state index < -0.39 is 96.9 Å². The first kappa shape index (κ1) is 48.9. The summed E-state index contributed by atoms with van der Waals surface area (Å²) in [5.41, 5.74) is 1.39. The average molecular weight is 957 g/mol. The first-order valence-electron chi connectivity index (χ1n) is 23.5. The number of rotatable bonds is 16. The molecule has 21 heteroatoms. The lowest BCUT2D eigenvalue weighted by molar-refractivity contribution is -0.172. The van der Waals surface area contributed by atoms with E-state index in [1.54, 1.807) is 19.9 Å². The van der Waals surface area contributed by atoms with Crippen LogP contribution >= 0.6 is 0 Å². The van der Waals surface area contributed by atoms with Crippen molar-refractivity contribution in [2.24, 2.45) is 0 Å². The van der Waals surface area contributed by atoms with Crippen LogP contribution in [-0.2, 0) is 72.9 Å². The summed E-state index contributed by atoms with van der Waals surface area (Å²) in [5.74, 6) is -4.66. The minimum Gasteiger partial charge on any atom is -0.458 e. The van der Waals surface area contributed by atoms with Gasteiger partial charge in [0.25, 0.3) is 5.56 Å². The van der Waals surface area contributed by atoms with E-state index >= 15 is 4.39 Å². The normalized spacial score (nSPS) is 21.7. The Bertz CT molecular complexity index is 2690. The summed E-state index contributed by atoms with van der Waals surface area (Å²) in [6.45, 7) is 1.08. The molecule has 20 nitrogen and oxygen atoms in total. The van der Waals surface area contributed by atoms with Gasteiger partial charge < -0.3 is 55.4 Å². The molecule has 1 fully saturated rings. The fraction of sp³-hybridized carbons (Fsp3) is 0.521. The summed E-state index contributed by atoms with van der Waals surface area (Å²) >= 11 is 0. The van der Waals surface area contributed by atoms with Crippen molar-refractivity contribution in [2.45, 2.75) is 115 Å². The summed E-state index contributed by atoms with van der Waals surface area (Å²) < 4.78 is 33.7. The number of likely N-dealkylation sites (tertiary alicyclic amines) is 1. The van der Waals surface area contributed by atoms with Gasteiger partial charge in [-0.05, 0) is 81.0 Å². The number of nitrogens with one attached hydrogen (secondary N) is 5. The number of hydrogen-bond acceptors (Lipinski definition) is 13. The minimum atomic E-state index is -2.04. The Morgan fingerprint density at radius 2 is 1.57 bits per heavy atom. The van der Waals surface area contributed by atoms with Crippen molar-refractivity contribution in [3.05, 3.63) is 73.8 Å². The number of fused-ring (bicyclic) bond motifs is 5. The monoisotopic (exact) mass is 956 g/mol. The van der Waals surface area contributed by atoms with Crippen molar-refractivity contribution in [3.8, 4) is 11.4 Å². The molecule has 0 bridgehead atoms. The maximum Gasteiger partial charge on any atom is 0.343 e. The second-order valence-electron chi connectivity index (χ2n) is 18.0. The lowest BCUT2D eigenvalue weighted by atomic mass is 9.81. The molecule has 5 aliphatic rings. The predicted molar refractivity (Wildman–Crippen MR) is 243 cm³/mol. The third-order valence-electron chi connectivity index (χ3n) is 13.6. The SMILES string of the molecule is CC[C@@]1(O)C(=O)OCc2c1cc1n(c2=O)Cc2c-1nc1cc(F)c(C)c3c1c2[C@@H](NC(=O)COC1CCCN1C(=O)CNC(=O)CNC(=O)CNC(=O)CNC(=O)COC1/C=C\CCCCC1)CC3. The molecule has 1 aromatic carbocycles. The number of ether oxygens (including phenoxy) is 3. The standard InChI is InChI=1S/C48H57FN8O12/c1-3-48(66)31-16-35-45-29(22-57(35)46(64)30(31)23-69-47(48)65)44-33(14-13-28-26(2)32(49)17-34(55-45)43(28)44)54-40(62)25-68-42-12-9-15-56(42)41(63)21-53-38(60)19-51-36(58)18-50-37(59)20-52-39(61)24-67-27-10-7-5-4-6-8-11-27/h7,10,16-17,27,33,42,66H,3-6,8-9,11-15,18-25H2,1-2H3,(H,50,59)(H,51,58)(H,52,61)(H,53,60)(H,54,62)/b10-7-/t27?,33-,42?,48-/m0/s1. The van der Waals surface area contributed by atoms with Crippen molar-refractivity contribution in [1.29, 1.82) is 0 Å². The van der Waals surface area contributed by atoms with Gasteiger partial charge in [0.15, 0.2) is 5.60 Å². The zero-order chi connectivity index (χ0) is 49.0. The van der Waals surface area contributed by atoms with Crippen LogP contribution in [0.15, 0.2) is 29.1 Å². The number of aryl methyl sites for hydroxylation is 1. The van der Waals surface area contributed by atoms with E-state index in [9.17, 15) is 43.5 Å². The Labute approximate surface area is 396 Å². The Morgan fingerprint density at radius 1 is 0.855 bits per heavy atom. The highest BCUT2D eigenvalue weighted by molar-refractivity contribution is 5.94. The number of halogens is 1. The first-order valence-corrected chi connectivity index (χ1v) is 23.5.